The number of ether oxygens (including phenoxy) is 1. The highest BCUT2D eigenvalue weighted by atomic mass is 79.9. The van der Waals surface area contributed by atoms with E-state index < -0.39 is 5.60 Å². The second-order valence-corrected chi connectivity index (χ2v) is 5.04. The molecule has 1 saturated heterocycles. The molecule has 0 aromatic rings. The molecule has 1 unspecified atom stereocenters. The van der Waals surface area contributed by atoms with E-state index in [0.29, 0.717) is 32.6 Å². The lowest BCUT2D eigenvalue weighted by Gasteiger charge is -2.32. The molecule has 0 aromatic heterocycles. The van der Waals surface area contributed by atoms with Crippen molar-refractivity contribution in [2.24, 2.45) is 0 Å². The van der Waals surface area contributed by atoms with Crippen LogP contribution in [-0.4, -0.2) is 41.2 Å². The van der Waals surface area contributed by atoms with Crippen LogP contribution in [0.5, 0.6) is 0 Å². The van der Waals surface area contributed by atoms with Crippen LogP contribution >= 0.6 is 15.9 Å². The van der Waals surface area contributed by atoms with Crippen LogP contribution in [0.15, 0.2) is 0 Å². The highest BCUT2D eigenvalue weighted by Crippen LogP contribution is 2.19. The molecule has 1 atom stereocenters. The molecule has 0 bridgehead atoms. The molecule has 15 heavy (non-hydrogen) atoms. The molecular weight excluding hydrogens is 262 g/mol. The van der Waals surface area contributed by atoms with E-state index in [1.165, 1.54) is 0 Å². The normalized spacial score (nSPS) is 22.1. The Hall–Kier alpha value is -0.130. The van der Waals surface area contributed by atoms with Crippen molar-refractivity contribution in [2.75, 3.05) is 19.8 Å². The Labute approximate surface area is 98.5 Å². The number of nitrogens with one attached hydrogen (secondary N) is 1. The van der Waals surface area contributed by atoms with Crippen LogP contribution in [0.4, 0.5) is 0 Å². The van der Waals surface area contributed by atoms with E-state index in [1.807, 2.05) is 6.92 Å². The molecule has 0 aromatic carbocycles. The first-order valence-electron chi connectivity index (χ1n) is 5.29. The molecule has 1 aliphatic heterocycles. The molecule has 0 saturated carbocycles. The van der Waals surface area contributed by atoms with Gasteiger partial charge in [0, 0.05) is 32.6 Å². The van der Waals surface area contributed by atoms with Crippen LogP contribution in [0.1, 0.15) is 26.2 Å². The van der Waals surface area contributed by atoms with Crippen molar-refractivity contribution in [3.8, 4) is 0 Å². The molecular formula is C10H18BrNO3. The van der Waals surface area contributed by atoms with E-state index >= 15 is 0 Å². The van der Waals surface area contributed by atoms with Gasteiger partial charge in [0.05, 0.1) is 10.4 Å². The molecule has 1 heterocycles. The lowest BCUT2D eigenvalue weighted by molar-refractivity contribution is -0.123. The number of rotatable bonds is 4. The molecule has 1 aliphatic rings. The summed E-state index contributed by atoms with van der Waals surface area (Å²) in [6.45, 7) is 3.38. The molecule has 0 radical (unpaired) electrons. The third kappa shape index (κ3) is 4.09. The predicted molar refractivity (Wildman–Crippen MR) is 61.0 cm³/mol. The maximum atomic E-state index is 11.5. The zero-order chi connectivity index (χ0) is 11.3. The van der Waals surface area contributed by atoms with E-state index in [1.54, 1.807) is 0 Å². The fourth-order valence-corrected chi connectivity index (χ4v) is 1.64. The Kier molecular flexibility index (Phi) is 5.02. The highest BCUT2D eigenvalue weighted by molar-refractivity contribution is 9.10. The Morgan fingerprint density at radius 1 is 1.60 bits per heavy atom. The number of carbonyl (C=O) groups excluding carboxylic acids is 1. The van der Waals surface area contributed by atoms with Gasteiger partial charge in [-0.3, -0.25) is 4.79 Å². The molecule has 1 amide bonds. The van der Waals surface area contributed by atoms with Crippen LogP contribution in [0.3, 0.4) is 0 Å². The molecule has 88 valence electrons. The monoisotopic (exact) mass is 279 g/mol. The van der Waals surface area contributed by atoms with Gasteiger partial charge < -0.3 is 15.2 Å². The smallest absolute Gasteiger partial charge is 0.233 e. The van der Waals surface area contributed by atoms with Crippen molar-refractivity contribution in [2.45, 2.75) is 36.6 Å². The molecule has 5 heteroatoms. The fourth-order valence-electron chi connectivity index (χ4n) is 1.48. The Balaban J connectivity index is 2.31. The molecule has 1 fully saturated rings. The van der Waals surface area contributed by atoms with E-state index in [2.05, 4.69) is 21.2 Å². The average Bonchev–Trinajstić information content (AvgIpc) is 2.26. The van der Waals surface area contributed by atoms with Gasteiger partial charge in [0.1, 0.15) is 0 Å². The lowest BCUT2D eigenvalue weighted by Crippen LogP contribution is -2.48. The van der Waals surface area contributed by atoms with Crippen LogP contribution in [0, 0.1) is 0 Å². The number of carbonyl (C=O) groups is 1. The van der Waals surface area contributed by atoms with Gasteiger partial charge in [-0.1, -0.05) is 22.9 Å². The second kappa shape index (κ2) is 5.82. The van der Waals surface area contributed by atoms with E-state index in [-0.39, 0.29) is 10.7 Å². The standard InChI is InChI=1S/C10H18BrNO3/c1-2-8(11)9(13)12-7-10(14)3-5-15-6-4-10/h8,14H,2-7H2,1H3,(H,12,13). The minimum absolute atomic E-state index is 0.0579. The zero-order valence-electron chi connectivity index (χ0n) is 8.96. The van der Waals surface area contributed by atoms with Crippen molar-refractivity contribution >= 4 is 21.8 Å². The van der Waals surface area contributed by atoms with Gasteiger partial charge in [0.2, 0.25) is 5.91 Å². The second-order valence-electron chi connectivity index (χ2n) is 3.93. The molecule has 1 rings (SSSR count). The van der Waals surface area contributed by atoms with Gasteiger partial charge in [-0.25, -0.2) is 0 Å². The summed E-state index contributed by atoms with van der Waals surface area (Å²) in [5, 5.41) is 12.8. The van der Waals surface area contributed by atoms with Gasteiger partial charge in [-0.15, -0.1) is 0 Å². The first-order valence-corrected chi connectivity index (χ1v) is 6.21. The maximum absolute atomic E-state index is 11.5. The Morgan fingerprint density at radius 2 is 2.20 bits per heavy atom. The summed E-state index contributed by atoms with van der Waals surface area (Å²) in [4.78, 5) is 11.3. The summed E-state index contributed by atoms with van der Waals surface area (Å²) < 4.78 is 5.16. The first kappa shape index (κ1) is 12.9. The van der Waals surface area contributed by atoms with E-state index in [9.17, 15) is 9.90 Å². The minimum Gasteiger partial charge on any atom is -0.388 e. The number of amides is 1. The minimum atomic E-state index is -0.783. The Morgan fingerprint density at radius 3 is 2.73 bits per heavy atom. The molecule has 4 nitrogen and oxygen atoms in total. The van der Waals surface area contributed by atoms with Gasteiger partial charge >= 0.3 is 0 Å². The molecule has 0 spiro atoms. The first-order chi connectivity index (χ1) is 7.07. The summed E-state index contributed by atoms with van der Waals surface area (Å²) in [7, 11) is 0. The van der Waals surface area contributed by atoms with Crippen LogP contribution < -0.4 is 5.32 Å². The van der Waals surface area contributed by atoms with Crippen LogP contribution in [0.25, 0.3) is 0 Å². The van der Waals surface area contributed by atoms with Gasteiger partial charge in [-0.05, 0) is 6.42 Å². The fraction of sp³-hybridized carbons (Fsp3) is 0.900. The maximum Gasteiger partial charge on any atom is 0.233 e. The van der Waals surface area contributed by atoms with Crippen LogP contribution in [-0.2, 0) is 9.53 Å². The van der Waals surface area contributed by atoms with Crippen molar-refractivity contribution in [1.82, 2.24) is 5.32 Å². The number of halogens is 1. The topological polar surface area (TPSA) is 58.6 Å². The third-order valence-electron chi connectivity index (χ3n) is 2.66. The largest absolute Gasteiger partial charge is 0.388 e. The number of alkyl halides is 1. The zero-order valence-corrected chi connectivity index (χ0v) is 10.5. The summed E-state index contributed by atoms with van der Waals surface area (Å²) in [5.41, 5.74) is -0.783. The van der Waals surface area contributed by atoms with Crippen molar-refractivity contribution in [3.63, 3.8) is 0 Å². The summed E-state index contributed by atoms with van der Waals surface area (Å²) in [5.74, 6) is -0.0579. The predicted octanol–water partition coefficient (Wildman–Crippen LogP) is 0.818. The van der Waals surface area contributed by atoms with Crippen LogP contribution in [0.2, 0.25) is 0 Å². The lowest BCUT2D eigenvalue weighted by atomic mass is 9.94. The van der Waals surface area contributed by atoms with E-state index in [0.717, 1.165) is 6.42 Å². The Bertz CT molecular complexity index is 217. The molecule has 2 N–H and O–H groups in total. The quantitative estimate of drug-likeness (QED) is 0.749. The third-order valence-corrected chi connectivity index (χ3v) is 3.72. The van der Waals surface area contributed by atoms with Gasteiger partial charge in [-0.2, -0.15) is 0 Å². The SMILES string of the molecule is CCC(Br)C(=O)NCC1(O)CCOCC1. The average molecular weight is 280 g/mol. The summed E-state index contributed by atoms with van der Waals surface area (Å²) in [6.07, 6.45) is 1.92. The summed E-state index contributed by atoms with van der Waals surface area (Å²) >= 11 is 3.27. The van der Waals surface area contributed by atoms with Crippen molar-refractivity contribution in [3.05, 3.63) is 0 Å². The van der Waals surface area contributed by atoms with Gasteiger partial charge in [0.25, 0.3) is 0 Å². The summed E-state index contributed by atoms with van der Waals surface area (Å²) in [6, 6.07) is 0. The van der Waals surface area contributed by atoms with Gasteiger partial charge in [0.15, 0.2) is 0 Å². The number of hydrogen-bond acceptors (Lipinski definition) is 3. The van der Waals surface area contributed by atoms with Crippen molar-refractivity contribution in [1.29, 1.82) is 0 Å². The van der Waals surface area contributed by atoms with E-state index in [4.69, 9.17) is 4.74 Å². The number of hydrogen-bond donors (Lipinski definition) is 2. The molecule has 0 aliphatic carbocycles. The van der Waals surface area contributed by atoms with Crippen molar-refractivity contribution < 1.29 is 14.6 Å². The number of aliphatic hydroxyl groups is 1. The highest BCUT2D eigenvalue weighted by Gasteiger charge is 2.30.